The SMILES string of the molecule is CC(=O)NC1CCN(c2cc([C@H](C)O)ccn2)CC1. The maximum absolute atomic E-state index is 11.0. The molecule has 2 rings (SSSR count). The number of aliphatic hydroxyl groups is 1. The number of rotatable bonds is 3. The van der Waals surface area contributed by atoms with Crippen LogP contribution in [-0.4, -0.2) is 35.1 Å². The molecule has 1 aromatic heterocycles. The number of carbonyl (C=O) groups excluding carboxylic acids is 1. The molecule has 0 bridgehead atoms. The highest BCUT2D eigenvalue weighted by Crippen LogP contribution is 2.21. The highest BCUT2D eigenvalue weighted by molar-refractivity contribution is 5.73. The van der Waals surface area contributed by atoms with Gasteiger partial charge in [0.25, 0.3) is 0 Å². The van der Waals surface area contributed by atoms with Gasteiger partial charge in [0.2, 0.25) is 5.91 Å². The summed E-state index contributed by atoms with van der Waals surface area (Å²) in [6, 6.07) is 4.04. The summed E-state index contributed by atoms with van der Waals surface area (Å²) in [6.07, 6.45) is 3.12. The Hall–Kier alpha value is -1.62. The molecule has 1 aliphatic heterocycles. The Kier molecular flexibility index (Phi) is 4.37. The molecule has 19 heavy (non-hydrogen) atoms. The average molecular weight is 263 g/mol. The smallest absolute Gasteiger partial charge is 0.217 e. The zero-order valence-electron chi connectivity index (χ0n) is 11.5. The molecular formula is C14H21N3O2. The van der Waals surface area contributed by atoms with Gasteiger partial charge < -0.3 is 15.3 Å². The first kappa shape index (κ1) is 13.8. The van der Waals surface area contributed by atoms with E-state index in [-0.39, 0.29) is 11.9 Å². The van der Waals surface area contributed by atoms with Crippen molar-refractivity contribution in [2.45, 2.75) is 38.8 Å². The largest absolute Gasteiger partial charge is 0.389 e. The molecule has 2 N–H and O–H groups in total. The number of hydrogen-bond donors (Lipinski definition) is 2. The van der Waals surface area contributed by atoms with Crippen molar-refractivity contribution in [3.63, 3.8) is 0 Å². The predicted octanol–water partition coefficient (Wildman–Crippen LogP) is 1.24. The molecule has 0 spiro atoms. The van der Waals surface area contributed by atoms with Crippen molar-refractivity contribution in [2.75, 3.05) is 18.0 Å². The second kappa shape index (κ2) is 6.02. The van der Waals surface area contributed by atoms with E-state index in [4.69, 9.17) is 0 Å². The summed E-state index contributed by atoms with van der Waals surface area (Å²) in [6.45, 7) is 5.06. The van der Waals surface area contributed by atoms with Crippen molar-refractivity contribution in [1.82, 2.24) is 10.3 Å². The summed E-state index contributed by atoms with van der Waals surface area (Å²) in [5, 5.41) is 12.6. The summed E-state index contributed by atoms with van der Waals surface area (Å²) in [7, 11) is 0. The molecule has 1 aromatic rings. The van der Waals surface area contributed by atoms with Gasteiger partial charge in [0.05, 0.1) is 6.10 Å². The topological polar surface area (TPSA) is 65.5 Å². The van der Waals surface area contributed by atoms with Gasteiger partial charge in [0.1, 0.15) is 5.82 Å². The van der Waals surface area contributed by atoms with E-state index in [1.54, 1.807) is 20.0 Å². The van der Waals surface area contributed by atoms with E-state index in [0.29, 0.717) is 0 Å². The van der Waals surface area contributed by atoms with Gasteiger partial charge in [0, 0.05) is 32.3 Å². The van der Waals surface area contributed by atoms with Crippen LogP contribution in [0.4, 0.5) is 5.82 Å². The van der Waals surface area contributed by atoms with Crippen molar-refractivity contribution in [3.8, 4) is 0 Å². The molecule has 0 unspecified atom stereocenters. The van der Waals surface area contributed by atoms with Gasteiger partial charge in [-0.1, -0.05) is 0 Å². The molecule has 0 aliphatic carbocycles. The van der Waals surface area contributed by atoms with Gasteiger partial charge in [-0.25, -0.2) is 4.98 Å². The normalized spacial score (nSPS) is 18.2. The fraction of sp³-hybridized carbons (Fsp3) is 0.571. The molecule has 1 fully saturated rings. The summed E-state index contributed by atoms with van der Waals surface area (Å²) in [4.78, 5) is 17.6. The third-order valence-corrected chi connectivity index (χ3v) is 3.48. The van der Waals surface area contributed by atoms with E-state index >= 15 is 0 Å². The number of aromatic nitrogens is 1. The minimum Gasteiger partial charge on any atom is -0.389 e. The van der Waals surface area contributed by atoms with Crippen molar-refractivity contribution < 1.29 is 9.90 Å². The Labute approximate surface area is 113 Å². The van der Waals surface area contributed by atoms with E-state index in [9.17, 15) is 9.90 Å². The van der Waals surface area contributed by atoms with Gasteiger partial charge >= 0.3 is 0 Å². The Bertz CT molecular complexity index is 440. The lowest BCUT2D eigenvalue weighted by molar-refractivity contribution is -0.119. The van der Waals surface area contributed by atoms with Gasteiger partial charge in [-0.05, 0) is 37.5 Å². The number of nitrogens with one attached hydrogen (secondary N) is 1. The second-order valence-corrected chi connectivity index (χ2v) is 5.09. The molecule has 0 radical (unpaired) electrons. The minimum absolute atomic E-state index is 0.0349. The Morgan fingerprint density at radius 1 is 1.53 bits per heavy atom. The highest BCUT2D eigenvalue weighted by atomic mass is 16.3. The van der Waals surface area contributed by atoms with Crippen LogP contribution < -0.4 is 10.2 Å². The monoisotopic (exact) mass is 263 g/mol. The summed E-state index contributed by atoms with van der Waals surface area (Å²) in [5.41, 5.74) is 0.883. The fourth-order valence-corrected chi connectivity index (χ4v) is 2.41. The van der Waals surface area contributed by atoms with Gasteiger partial charge in [-0.3, -0.25) is 4.79 Å². The molecule has 104 valence electrons. The fourth-order valence-electron chi connectivity index (χ4n) is 2.41. The number of pyridine rings is 1. The van der Waals surface area contributed by atoms with Crippen molar-refractivity contribution in [2.24, 2.45) is 0 Å². The first-order valence-corrected chi connectivity index (χ1v) is 6.72. The Balaban J connectivity index is 1.97. The van der Waals surface area contributed by atoms with E-state index in [0.717, 1.165) is 37.3 Å². The lowest BCUT2D eigenvalue weighted by atomic mass is 10.0. The van der Waals surface area contributed by atoms with Crippen LogP contribution in [0.2, 0.25) is 0 Å². The highest BCUT2D eigenvalue weighted by Gasteiger charge is 2.20. The van der Waals surface area contributed by atoms with Gasteiger partial charge in [-0.15, -0.1) is 0 Å². The Morgan fingerprint density at radius 2 is 2.21 bits per heavy atom. The molecule has 1 amide bonds. The van der Waals surface area contributed by atoms with Gasteiger partial charge in [-0.2, -0.15) is 0 Å². The molecule has 2 heterocycles. The lowest BCUT2D eigenvalue weighted by Gasteiger charge is -2.33. The maximum Gasteiger partial charge on any atom is 0.217 e. The Morgan fingerprint density at radius 3 is 2.79 bits per heavy atom. The van der Waals surface area contributed by atoms with Crippen molar-refractivity contribution in [3.05, 3.63) is 23.9 Å². The van der Waals surface area contributed by atoms with E-state index in [2.05, 4.69) is 15.2 Å². The molecule has 5 nitrogen and oxygen atoms in total. The molecule has 5 heteroatoms. The molecular weight excluding hydrogens is 242 g/mol. The quantitative estimate of drug-likeness (QED) is 0.861. The average Bonchev–Trinajstić information content (AvgIpc) is 2.39. The lowest BCUT2D eigenvalue weighted by Crippen LogP contribution is -2.44. The first-order chi connectivity index (χ1) is 9.06. The van der Waals surface area contributed by atoms with Crippen molar-refractivity contribution >= 4 is 11.7 Å². The number of carbonyl (C=O) groups is 1. The maximum atomic E-state index is 11.0. The molecule has 1 aliphatic rings. The third kappa shape index (κ3) is 3.67. The van der Waals surface area contributed by atoms with Crippen LogP contribution in [0.3, 0.4) is 0 Å². The minimum atomic E-state index is -0.473. The van der Waals surface area contributed by atoms with Crippen LogP contribution in [0.15, 0.2) is 18.3 Å². The molecule has 0 saturated carbocycles. The van der Waals surface area contributed by atoms with Crippen LogP contribution in [0.5, 0.6) is 0 Å². The molecule has 1 atom stereocenters. The van der Waals surface area contributed by atoms with Gasteiger partial charge in [0.15, 0.2) is 0 Å². The van der Waals surface area contributed by atoms with E-state index in [1.807, 2.05) is 12.1 Å². The summed E-state index contributed by atoms with van der Waals surface area (Å²) >= 11 is 0. The summed E-state index contributed by atoms with van der Waals surface area (Å²) in [5.74, 6) is 0.937. The third-order valence-electron chi connectivity index (χ3n) is 3.48. The van der Waals surface area contributed by atoms with E-state index < -0.39 is 6.10 Å². The summed E-state index contributed by atoms with van der Waals surface area (Å²) < 4.78 is 0. The predicted molar refractivity (Wildman–Crippen MR) is 73.9 cm³/mol. The van der Waals surface area contributed by atoms with Crippen LogP contribution in [0, 0.1) is 0 Å². The number of piperidine rings is 1. The van der Waals surface area contributed by atoms with Crippen LogP contribution in [0.1, 0.15) is 38.4 Å². The van der Waals surface area contributed by atoms with E-state index in [1.165, 1.54) is 0 Å². The van der Waals surface area contributed by atoms with Crippen LogP contribution in [0.25, 0.3) is 0 Å². The number of aliphatic hydroxyl groups excluding tert-OH is 1. The molecule has 1 saturated heterocycles. The second-order valence-electron chi connectivity index (χ2n) is 5.09. The first-order valence-electron chi connectivity index (χ1n) is 6.72. The number of anilines is 1. The molecule has 0 aromatic carbocycles. The number of nitrogens with zero attached hydrogens (tertiary/aromatic N) is 2. The standard InChI is InChI=1S/C14H21N3O2/c1-10(18)12-3-6-15-14(9-12)17-7-4-13(5-8-17)16-11(2)19/h3,6,9-10,13,18H,4-5,7-8H2,1-2H3,(H,16,19)/t10-/m0/s1. The number of amides is 1. The zero-order chi connectivity index (χ0) is 13.8. The number of hydrogen-bond acceptors (Lipinski definition) is 4. The zero-order valence-corrected chi connectivity index (χ0v) is 11.5. The van der Waals surface area contributed by atoms with Crippen LogP contribution >= 0.6 is 0 Å². The van der Waals surface area contributed by atoms with Crippen LogP contribution in [-0.2, 0) is 4.79 Å². The van der Waals surface area contributed by atoms with Crippen molar-refractivity contribution in [1.29, 1.82) is 0 Å².